The van der Waals surface area contributed by atoms with E-state index in [2.05, 4.69) is 34.8 Å². The van der Waals surface area contributed by atoms with Gasteiger partial charge in [0.05, 0.1) is 5.52 Å². The molecule has 3 heteroatoms. The lowest BCUT2D eigenvalue weighted by Gasteiger charge is -2.41. The molecule has 17 heavy (non-hydrogen) atoms. The van der Waals surface area contributed by atoms with Crippen LogP contribution in [0.1, 0.15) is 32.6 Å². The smallest absolute Gasteiger partial charge is 0.117 e. The zero-order valence-corrected chi connectivity index (χ0v) is 11.0. The van der Waals surface area contributed by atoms with E-state index in [0.717, 1.165) is 12.1 Å². The first-order valence-electron chi connectivity index (χ1n) is 6.41. The van der Waals surface area contributed by atoms with E-state index in [1.165, 1.54) is 36.1 Å². The third kappa shape index (κ3) is 1.93. The molecular weight excluding hydrogens is 228 g/mol. The first kappa shape index (κ1) is 11.0. The van der Waals surface area contributed by atoms with Crippen LogP contribution in [-0.4, -0.2) is 10.9 Å². The van der Waals surface area contributed by atoms with E-state index in [1.807, 2.05) is 6.07 Å². The molecule has 1 heterocycles. The second-order valence-electron chi connectivity index (χ2n) is 5.09. The van der Waals surface area contributed by atoms with E-state index in [9.17, 15) is 0 Å². The van der Waals surface area contributed by atoms with Gasteiger partial charge in [0.2, 0.25) is 0 Å². The fourth-order valence-corrected chi connectivity index (χ4v) is 3.37. The van der Waals surface area contributed by atoms with E-state index in [0.29, 0.717) is 5.41 Å². The molecular formula is C14H18N2S. The Hall–Kier alpha value is -1.09. The first-order chi connectivity index (χ1) is 8.33. The normalized spacial score (nSPS) is 17.9. The van der Waals surface area contributed by atoms with Gasteiger partial charge in [-0.05, 0) is 48.3 Å². The van der Waals surface area contributed by atoms with Crippen molar-refractivity contribution in [2.45, 2.75) is 32.6 Å². The lowest BCUT2D eigenvalue weighted by molar-refractivity contribution is 0.145. The van der Waals surface area contributed by atoms with Gasteiger partial charge in [0, 0.05) is 11.9 Å². The van der Waals surface area contributed by atoms with Gasteiger partial charge in [0.1, 0.15) is 5.00 Å². The molecule has 2 nitrogen and oxygen atoms in total. The number of anilines is 1. The van der Waals surface area contributed by atoms with Crippen molar-refractivity contribution in [1.29, 1.82) is 0 Å². The summed E-state index contributed by atoms with van der Waals surface area (Å²) in [6, 6.07) is 8.36. The largest absolute Gasteiger partial charge is 0.375 e. The lowest BCUT2D eigenvalue weighted by atomic mass is 9.67. The summed E-state index contributed by atoms with van der Waals surface area (Å²) in [5.74, 6) is 0. The molecule has 1 fully saturated rings. The summed E-state index contributed by atoms with van der Waals surface area (Å²) in [5.41, 5.74) is 1.67. The van der Waals surface area contributed by atoms with Crippen molar-refractivity contribution in [2.24, 2.45) is 5.41 Å². The number of fused-ring (bicyclic) bond motifs is 1. The van der Waals surface area contributed by atoms with Gasteiger partial charge in [-0.3, -0.25) is 0 Å². The second-order valence-corrected chi connectivity index (χ2v) is 5.86. The van der Waals surface area contributed by atoms with Crippen LogP contribution in [0.25, 0.3) is 10.9 Å². The van der Waals surface area contributed by atoms with Crippen molar-refractivity contribution in [3.63, 3.8) is 0 Å². The number of nitrogens with zero attached hydrogens (tertiary/aromatic N) is 1. The summed E-state index contributed by atoms with van der Waals surface area (Å²) in [6.07, 6.45) is 5.45. The molecule has 1 N–H and O–H groups in total. The maximum atomic E-state index is 4.47. The monoisotopic (exact) mass is 246 g/mol. The van der Waals surface area contributed by atoms with Crippen LogP contribution in [-0.2, 0) is 0 Å². The Morgan fingerprint density at radius 1 is 1.35 bits per heavy atom. The molecule has 1 aromatic heterocycles. The van der Waals surface area contributed by atoms with Gasteiger partial charge in [-0.15, -0.1) is 0 Å². The van der Waals surface area contributed by atoms with Crippen molar-refractivity contribution in [2.75, 3.05) is 11.9 Å². The predicted molar refractivity (Wildman–Crippen MR) is 74.7 cm³/mol. The van der Waals surface area contributed by atoms with Crippen molar-refractivity contribution in [3.05, 3.63) is 24.3 Å². The third-order valence-electron chi connectivity index (χ3n) is 4.17. The summed E-state index contributed by atoms with van der Waals surface area (Å²) in [5, 5.41) is 6.12. The Morgan fingerprint density at radius 3 is 2.88 bits per heavy atom. The zero-order chi connectivity index (χ0) is 11.7. The third-order valence-corrected chi connectivity index (χ3v) is 5.01. The van der Waals surface area contributed by atoms with E-state index >= 15 is 0 Å². The fourth-order valence-electron chi connectivity index (χ4n) is 2.62. The standard InChI is InChI=1S/C14H18N2S/c1-2-14(8-5-9-14)10-15-13-11-6-3-4-7-12(11)16-17-13/h3-4,6-7,15H,2,5,8-10H2,1H3. The minimum absolute atomic E-state index is 0.561. The number of benzene rings is 1. The summed E-state index contributed by atoms with van der Waals surface area (Å²) in [4.78, 5) is 0. The van der Waals surface area contributed by atoms with E-state index in [4.69, 9.17) is 0 Å². The molecule has 2 aromatic rings. The van der Waals surface area contributed by atoms with E-state index < -0.39 is 0 Å². The molecule has 0 aliphatic heterocycles. The maximum Gasteiger partial charge on any atom is 0.117 e. The minimum atomic E-state index is 0.561. The van der Waals surface area contributed by atoms with Crippen LogP contribution in [0.3, 0.4) is 0 Å². The highest BCUT2D eigenvalue weighted by Crippen LogP contribution is 2.44. The quantitative estimate of drug-likeness (QED) is 0.870. The van der Waals surface area contributed by atoms with Gasteiger partial charge >= 0.3 is 0 Å². The summed E-state index contributed by atoms with van der Waals surface area (Å²) in [6.45, 7) is 3.42. The predicted octanol–water partition coefficient (Wildman–Crippen LogP) is 4.29. The molecule has 0 saturated heterocycles. The minimum Gasteiger partial charge on any atom is -0.375 e. The van der Waals surface area contributed by atoms with Crippen LogP contribution >= 0.6 is 11.5 Å². The average Bonchev–Trinajstić information content (AvgIpc) is 2.72. The van der Waals surface area contributed by atoms with Gasteiger partial charge in [0.25, 0.3) is 0 Å². The first-order valence-corrected chi connectivity index (χ1v) is 7.19. The van der Waals surface area contributed by atoms with Crippen LogP contribution in [0.15, 0.2) is 24.3 Å². The maximum absolute atomic E-state index is 4.47. The molecule has 3 rings (SSSR count). The van der Waals surface area contributed by atoms with Crippen LogP contribution in [0.2, 0.25) is 0 Å². The molecule has 1 aliphatic rings. The second kappa shape index (κ2) is 4.30. The molecule has 0 amide bonds. The number of hydrogen-bond acceptors (Lipinski definition) is 3. The Balaban J connectivity index is 1.77. The van der Waals surface area contributed by atoms with E-state index in [1.54, 1.807) is 11.5 Å². The number of rotatable bonds is 4. The van der Waals surface area contributed by atoms with Crippen molar-refractivity contribution in [3.8, 4) is 0 Å². The SMILES string of the molecule is CCC1(CNc2snc3ccccc23)CCC1. The topological polar surface area (TPSA) is 24.9 Å². The molecule has 0 bridgehead atoms. The molecule has 0 atom stereocenters. The Labute approximate surface area is 106 Å². The molecule has 0 radical (unpaired) electrons. The highest BCUT2D eigenvalue weighted by Gasteiger charge is 2.34. The zero-order valence-electron chi connectivity index (χ0n) is 10.2. The molecule has 0 unspecified atom stereocenters. The molecule has 90 valence electrons. The Kier molecular flexibility index (Phi) is 2.79. The van der Waals surface area contributed by atoms with Crippen LogP contribution < -0.4 is 5.32 Å². The Bertz CT molecular complexity index is 508. The van der Waals surface area contributed by atoms with Crippen molar-refractivity contribution < 1.29 is 0 Å². The van der Waals surface area contributed by atoms with Gasteiger partial charge in [-0.25, -0.2) is 0 Å². The van der Waals surface area contributed by atoms with Crippen molar-refractivity contribution >= 4 is 27.4 Å². The number of nitrogens with one attached hydrogen (secondary N) is 1. The highest BCUT2D eigenvalue weighted by atomic mass is 32.1. The fraction of sp³-hybridized carbons (Fsp3) is 0.500. The van der Waals surface area contributed by atoms with Crippen LogP contribution in [0.5, 0.6) is 0 Å². The highest BCUT2D eigenvalue weighted by molar-refractivity contribution is 7.11. The van der Waals surface area contributed by atoms with Gasteiger partial charge < -0.3 is 5.32 Å². The lowest BCUT2D eigenvalue weighted by Crippen LogP contribution is -2.35. The number of hydrogen-bond donors (Lipinski definition) is 1. The molecule has 0 spiro atoms. The summed E-state index contributed by atoms with van der Waals surface area (Å²) >= 11 is 1.59. The average molecular weight is 246 g/mol. The Morgan fingerprint density at radius 2 is 2.18 bits per heavy atom. The van der Waals surface area contributed by atoms with Crippen LogP contribution in [0, 0.1) is 5.41 Å². The van der Waals surface area contributed by atoms with Crippen molar-refractivity contribution in [1.82, 2.24) is 4.37 Å². The number of aromatic nitrogens is 1. The molecule has 1 saturated carbocycles. The van der Waals surface area contributed by atoms with Crippen LogP contribution in [0.4, 0.5) is 5.00 Å². The van der Waals surface area contributed by atoms with Gasteiger partial charge in [-0.2, -0.15) is 4.37 Å². The van der Waals surface area contributed by atoms with Gasteiger partial charge in [0.15, 0.2) is 0 Å². The molecule has 1 aliphatic carbocycles. The summed E-state index contributed by atoms with van der Waals surface area (Å²) < 4.78 is 4.47. The summed E-state index contributed by atoms with van der Waals surface area (Å²) in [7, 11) is 0. The van der Waals surface area contributed by atoms with Gasteiger partial charge in [-0.1, -0.05) is 25.5 Å². The van der Waals surface area contributed by atoms with E-state index in [-0.39, 0.29) is 0 Å². The molecule has 1 aromatic carbocycles.